The Morgan fingerprint density at radius 3 is 2.77 bits per heavy atom. The maximum Gasteiger partial charge on any atom is 0.256 e. The van der Waals surface area contributed by atoms with Crippen molar-refractivity contribution in [3.63, 3.8) is 0 Å². The lowest BCUT2D eigenvalue weighted by Gasteiger charge is -2.21. The van der Waals surface area contributed by atoms with Crippen molar-refractivity contribution in [2.24, 2.45) is 4.99 Å². The number of ether oxygens (including phenoxy) is 2. The van der Waals surface area contributed by atoms with Crippen molar-refractivity contribution in [2.45, 2.75) is 38.6 Å². The maximum absolute atomic E-state index is 13.2. The van der Waals surface area contributed by atoms with Gasteiger partial charge in [0, 0.05) is 18.1 Å². The highest BCUT2D eigenvalue weighted by Crippen LogP contribution is 2.29. The highest BCUT2D eigenvalue weighted by atomic mass is 16.6. The fraction of sp³-hybridized carbons (Fsp3) is 0.360. The summed E-state index contributed by atoms with van der Waals surface area (Å²) >= 11 is 0. The van der Waals surface area contributed by atoms with Crippen LogP contribution < -0.4 is 0 Å². The molecule has 0 spiro atoms. The summed E-state index contributed by atoms with van der Waals surface area (Å²) in [6.45, 7) is 3.14. The van der Waals surface area contributed by atoms with Crippen LogP contribution >= 0.6 is 0 Å². The van der Waals surface area contributed by atoms with Crippen molar-refractivity contribution in [3.8, 4) is 0 Å². The molecule has 0 aromatic heterocycles. The van der Waals surface area contributed by atoms with E-state index >= 15 is 0 Å². The molecule has 0 fully saturated rings. The van der Waals surface area contributed by atoms with Crippen LogP contribution in [-0.4, -0.2) is 47.8 Å². The Morgan fingerprint density at radius 1 is 1.19 bits per heavy atom. The van der Waals surface area contributed by atoms with Crippen LogP contribution in [0.1, 0.15) is 47.2 Å². The van der Waals surface area contributed by atoms with E-state index in [-0.39, 0.29) is 18.6 Å². The predicted octanol–water partition coefficient (Wildman–Crippen LogP) is 3.87. The zero-order chi connectivity index (χ0) is 21.6. The molecule has 0 saturated carbocycles. The van der Waals surface area contributed by atoms with Gasteiger partial charge in [-0.3, -0.25) is 9.79 Å². The van der Waals surface area contributed by atoms with E-state index in [1.54, 1.807) is 4.90 Å². The Labute approximate surface area is 182 Å². The second-order valence-electron chi connectivity index (χ2n) is 7.76. The van der Waals surface area contributed by atoms with E-state index in [0.29, 0.717) is 37.5 Å². The number of hydrogen-bond acceptors (Lipinski definition) is 5. The van der Waals surface area contributed by atoms with E-state index in [9.17, 15) is 9.90 Å². The maximum atomic E-state index is 13.2. The summed E-state index contributed by atoms with van der Waals surface area (Å²) in [6, 6.07) is 17.8. The van der Waals surface area contributed by atoms with Crippen LogP contribution in [0.3, 0.4) is 0 Å². The van der Waals surface area contributed by atoms with Gasteiger partial charge < -0.3 is 19.5 Å². The summed E-state index contributed by atoms with van der Waals surface area (Å²) in [5.74, 6) is 0.0678. The number of aliphatic imine (C=N–C) groups is 1. The summed E-state index contributed by atoms with van der Waals surface area (Å²) in [5, 5.41) is 10.4. The Hall–Kier alpha value is -2.80. The molecule has 6 heteroatoms. The molecule has 6 nitrogen and oxygen atoms in total. The van der Waals surface area contributed by atoms with Crippen LogP contribution in [0.4, 0.5) is 0 Å². The van der Waals surface area contributed by atoms with Gasteiger partial charge in [0.25, 0.3) is 5.91 Å². The number of fused-ring (bicyclic) bond motifs is 1. The summed E-state index contributed by atoms with van der Waals surface area (Å²) in [5.41, 5.74) is 4.06. The molecule has 2 aliphatic heterocycles. The van der Waals surface area contributed by atoms with Crippen LogP contribution in [0.2, 0.25) is 0 Å². The molecule has 0 aliphatic carbocycles. The molecule has 2 aliphatic rings. The first-order chi connectivity index (χ1) is 15.2. The predicted molar refractivity (Wildman–Crippen MR) is 119 cm³/mol. The van der Waals surface area contributed by atoms with E-state index in [1.165, 1.54) is 5.56 Å². The van der Waals surface area contributed by atoms with Crippen LogP contribution in [-0.2, 0) is 16.1 Å². The lowest BCUT2D eigenvalue weighted by Crippen LogP contribution is -2.33. The molecule has 2 heterocycles. The summed E-state index contributed by atoms with van der Waals surface area (Å²) in [6.07, 6.45) is 2.49. The van der Waals surface area contributed by atoms with Gasteiger partial charge in [-0.2, -0.15) is 0 Å². The number of benzene rings is 2. The Balaban J connectivity index is 1.63. The van der Waals surface area contributed by atoms with Crippen LogP contribution in [0.25, 0.3) is 0 Å². The molecule has 2 aromatic rings. The number of aliphatic hydroxyl groups is 1. The van der Waals surface area contributed by atoms with E-state index < -0.39 is 6.29 Å². The topological polar surface area (TPSA) is 71.4 Å². The number of allylic oxidation sites excluding steroid dienone is 1. The monoisotopic (exact) mass is 420 g/mol. The normalized spacial score (nSPS) is 20.3. The van der Waals surface area contributed by atoms with Gasteiger partial charge in [0.05, 0.1) is 24.6 Å². The molecule has 2 atom stereocenters. The van der Waals surface area contributed by atoms with E-state index in [2.05, 4.69) is 18.2 Å². The fourth-order valence-electron chi connectivity index (χ4n) is 4.04. The molecular weight excluding hydrogens is 392 g/mol. The Bertz CT molecular complexity index is 970. The molecular formula is C25H28N2O4. The zero-order valence-electron chi connectivity index (χ0n) is 17.7. The SMILES string of the molecule is CCOC(O)C1=NC(CN2COCc3ccccc3C2=O)=CC(c2ccccc2)CC1. The largest absolute Gasteiger partial charge is 0.363 e. The van der Waals surface area contributed by atoms with Gasteiger partial charge in [-0.15, -0.1) is 0 Å². The van der Waals surface area contributed by atoms with Crippen molar-refractivity contribution in [1.29, 1.82) is 0 Å². The fourth-order valence-corrected chi connectivity index (χ4v) is 4.04. The molecule has 0 radical (unpaired) electrons. The first-order valence-corrected chi connectivity index (χ1v) is 10.7. The molecule has 1 N–H and O–H groups in total. The molecule has 1 amide bonds. The number of amides is 1. The van der Waals surface area contributed by atoms with Crippen molar-refractivity contribution in [2.75, 3.05) is 19.9 Å². The molecule has 4 rings (SSSR count). The van der Waals surface area contributed by atoms with Crippen molar-refractivity contribution in [3.05, 3.63) is 83.1 Å². The van der Waals surface area contributed by atoms with Crippen molar-refractivity contribution >= 4 is 11.6 Å². The van der Waals surface area contributed by atoms with Crippen molar-refractivity contribution in [1.82, 2.24) is 4.90 Å². The standard InChI is InChI=1S/C25H28N2O4/c1-2-31-25(29)23-13-12-19(18-8-4-3-5-9-18)14-21(26-23)15-27-17-30-16-20-10-6-7-11-22(20)24(27)28/h3-11,14,19,25,29H,2,12-13,15-17H2,1H3. The number of aliphatic hydroxyl groups excluding tert-OH is 1. The second-order valence-corrected chi connectivity index (χ2v) is 7.76. The Morgan fingerprint density at radius 2 is 1.97 bits per heavy atom. The number of nitrogens with zero attached hydrogens (tertiary/aromatic N) is 2. The third kappa shape index (κ3) is 5.10. The molecule has 2 aromatic carbocycles. The van der Waals surface area contributed by atoms with E-state index in [1.807, 2.05) is 49.4 Å². The third-order valence-corrected chi connectivity index (χ3v) is 5.62. The minimum atomic E-state index is -1.04. The lowest BCUT2D eigenvalue weighted by atomic mass is 9.93. The molecule has 31 heavy (non-hydrogen) atoms. The highest BCUT2D eigenvalue weighted by molar-refractivity contribution is 5.96. The van der Waals surface area contributed by atoms with E-state index in [0.717, 1.165) is 17.7 Å². The smallest absolute Gasteiger partial charge is 0.256 e. The van der Waals surface area contributed by atoms with Gasteiger partial charge >= 0.3 is 0 Å². The minimum absolute atomic E-state index is 0.0726. The van der Waals surface area contributed by atoms with Gasteiger partial charge in [0.1, 0.15) is 6.73 Å². The summed E-state index contributed by atoms with van der Waals surface area (Å²) in [4.78, 5) is 19.6. The van der Waals surface area contributed by atoms with E-state index in [4.69, 9.17) is 14.5 Å². The summed E-state index contributed by atoms with van der Waals surface area (Å²) in [7, 11) is 0. The minimum Gasteiger partial charge on any atom is -0.363 e. The average molecular weight is 421 g/mol. The van der Waals surface area contributed by atoms with Gasteiger partial charge in [-0.1, -0.05) is 54.6 Å². The number of carbonyl (C=O) groups is 1. The van der Waals surface area contributed by atoms with Crippen molar-refractivity contribution < 1.29 is 19.4 Å². The molecule has 2 unspecified atom stereocenters. The quantitative estimate of drug-likeness (QED) is 0.720. The lowest BCUT2D eigenvalue weighted by molar-refractivity contribution is -0.0452. The van der Waals surface area contributed by atoms with Crippen LogP contribution in [0.5, 0.6) is 0 Å². The first kappa shape index (κ1) is 21.4. The highest BCUT2D eigenvalue weighted by Gasteiger charge is 2.26. The van der Waals surface area contributed by atoms with Gasteiger partial charge in [0.15, 0.2) is 6.29 Å². The number of carbonyl (C=O) groups excluding carboxylic acids is 1. The molecule has 0 bridgehead atoms. The summed E-state index contributed by atoms with van der Waals surface area (Å²) < 4.78 is 11.2. The van der Waals surface area contributed by atoms with Gasteiger partial charge in [-0.25, -0.2) is 0 Å². The van der Waals surface area contributed by atoms with Gasteiger partial charge in [0.2, 0.25) is 0 Å². The average Bonchev–Trinajstić information content (AvgIpc) is 3.10. The van der Waals surface area contributed by atoms with Gasteiger partial charge in [-0.05, 0) is 37.0 Å². The molecule has 0 saturated heterocycles. The zero-order valence-corrected chi connectivity index (χ0v) is 17.7. The molecule has 162 valence electrons. The number of rotatable bonds is 6. The van der Waals surface area contributed by atoms with Crippen LogP contribution in [0, 0.1) is 0 Å². The second kappa shape index (κ2) is 10.0. The first-order valence-electron chi connectivity index (χ1n) is 10.7. The Kier molecular flexibility index (Phi) is 6.92. The third-order valence-electron chi connectivity index (χ3n) is 5.62. The number of hydrogen-bond donors (Lipinski definition) is 1. The van der Waals surface area contributed by atoms with Crippen LogP contribution in [0.15, 0.2) is 71.4 Å².